The van der Waals surface area contributed by atoms with Crippen LogP contribution in [-0.2, 0) is 0 Å². The molecule has 0 aliphatic heterocycles. The zero-order valence-electron chi connectivity index (χ0n) is 3.22. The fourth-order valence-electron chi connectivity index (χ4n) is 0. The zero-order chi connectivity index (χ0) is 2.71. The van der Waals surface area contributed by atoms with Crippen LogP contribution in [-0.4, -0.2) is 0 Å². The summed E-state index contributed by atoms with van der Waals surface area (Å²) in [4.78, 5) is 0. The van der Waals surface area contributed by atoms with Gasteiger partial charge >= 0.3 is 0 Å². The molecule has 0 nitrogen and oxygen atoms in total. The molecule has 2 heteroatoms. The Morgan fingerprint density at radius 3 is 1.20 bits per heavy atom. The summed E-state index contributed by atoms with van der Waals surface area (Å²) in [7, 11) is 0. The van der Waals surface area contributed by atoms with Crippen molar-refractivity contribution in [2.24, 2.45) is 0 Å². The Bertz CT molecular complexity index is 6.85. The molecule has 0 spiro atoms. The molecule has 0 rings (SSSR count). The van der Waals surface area contributed by atoms with Gasteiger partial charge in [0, 0.05) is 46.9 Å². The summed E-state index contributed by atoms with van der Waals surface area (Å²) >= 11 is 0. The van der Waals surface area contributed by atoms with E-state index in [2.05, 4.69) is 0 Å². The van der Waals surface area contributed by atoms with Gasteiger partial charge in [-0.1, -0.05) is 13.8 Å². The minimum Gasteiger partial charge on any atom is -1.00 e. The maximum atomic E-state index is 2.00. The number of rotatable bonds is 0. The first kappa shape index (κ1) is 15.7. The summed E-state index contributed by atoms with van der Waals surface area (Å²) < 4.78 is 0. The third-order valence-electron chi connectivity index (χ3n) is 0. The van der Waals surface area contributed by atoms with E-state index < -0.39 is 0 Å². The van der Waals surface area contributed by atoms with Crippen molar-refractivity contribution in [3.63, 3.8) is 0 Å². The van der Waals surface area contributed by atoms with E-state index in [0.717, 1.165) is 0 Å². The average Bonchev–Trinajstić information content (AvgIpc) is 0.918. The predicted octanol–water partition coefficient (Wildman–Crippen LogP) is -1.77. The molecular formula is C3H7IYb-. The normalized spacial score (nSPS) is 3.60. The zero-order valence-corrected chi connectivity index (χ0v) is 7.09. The van der Waals surface area contributed by atoms with E-state index in [1.54, 1.807) is 0 Å². The van der Waals surface area contributed by atoms with E-state index in [9.17, 15) is 0 Å². The van der Waals surface area contributed by atoms with E-state index >= 15 is 0 Å². The molecule has 0 unspecified atom stereocenters. The molecule has 0 N–H and O–H groups in total. The van der Waals surface area contributed by atoms with Crippen LogP contribution in [0.2, 0.25) is 0 Å². The Morgan fingerprint density at radius 1 is 1.20 bits per heavy atom. The van der Waals surface area contributed by atoms with Crippen molar-refractivity contribution in [3.8, 4) is 0 Å². The van der Waals surface area contributed by atoms with Crippen LogP contribution in [0, 0.1) is 53.3 Å². The molecule has 0 saturated carbocycles. The monoisotopic (exact) mass is 344 g/mol. The van der Waals surface area contributed by atoms with Crippen LogP contribution in [0.4, 0.5) is 0 Å². The van der Waals surface area contributed by atoms with Crippen molar-refractivity contribution in [2.75, 3.05) is 0 Å². The second-order valence-electron chi connectivity index (χ2n) is 0.577. The fraction of sp³-hybridized carbons (Fsp3) is 0.667. The third kappa shape index (κ3) is 22.3. The van der Waals surface area contributed by atoms with Gasteiger partial charge in [0.15, 0.2) is 0 Å². The summed E-state index contributed by atoms with van der Waals surface area (Å²) in [5, 5.41) is 0. The maximum absolute atomic E-state index is 2.00. The summed E-state index contributed by atoms with van der Waals surface area (Å²) in [6.45, 7) is 4.00. The van der Waals surface area contributed by atoms with Crippen molar-refractivity contribution < 1.29 is 70.9 Å². The molecule has 0 atom stereocenters. The largest absolute Gasteiger partial charge is 1.00 e. The van der Waals surface area contributed by atoms with Crippen molar-refractivity contribution in [3.05, 3.63) is 6.42 Å². The van der Waals surface area contributed by atoms with Crippen LogP contribution in [0.15, 0.2) is 0 Å². The summed E-state index contributed by atoms with van der Waals surface area (Å²) in [6, 6.07) is 0. The van der Waals surface area contributed by atoms with Gasteiger partial charge in [0.1, 0.15) is 0 Å². The van der Waals surface area contributed by atoms with Crippen molar-refractivity contribution in [2.45, 2.75) is 13.8 Å². The van der Waals surface area contributed by atoms with Gasteiger partial charge in [-0.15, -0.1) is 0 Å². The average molecular weight is 343 g/mol. The number of halogens is 1. The second-order valence-corrected chi connectivity index (χ2v) is 0.577. The van der Waals surface area contributed by atoms with Gasteiger partial charge in [-0.2, -0.15) is 0 Å². The fourth-order valence-corrected chi connectivity index (χ4v) is 0. The van der Waals surface area contributed by atoms with Gasteiger partial charge in [-0.05, 0) is 6.42 Å². The first-order chi connectivity index (χ1) is 1.41. The Balaban J connectivity index is -0.0000000200. The Hall–Kier alpha value is 2.25. The van der Waals surface area contributed by atoms with Crippen LogP contribution >= 0.6 is 0 Å². The van der Waals surface area contributed by atoms with Crippen molar-refractivity contribution in [1.29, 1.82) is 0 Å². The van der Waals surface area contributed by atoms with Gasteiger partial charge < -0.3 is 24.0 Å². The number of hydrogen-bond acceptors (Lipinski definition) is 0. The van der Waals surface area contributed by atoms with Crippen LogP contribution in [0.3, 0.4) is 0 Å². The first-order valence-corrected chi connectivity index (χ1v) is 1.15. The molecular weight excluding hydrogens is 336 g/mol. The van der Waals surface area contributed by atoms with Crippen LogP contribution in [0.5, 0.6) is 0 Å². The van der Waals surface area contributed by atoms with E-state index in [0.29, 0.717) is 0 Å². The minimum absolute atomic E-state index is 0. The van der Waals surface area contributed by atoms with Gasteiger partial charge in [0.25, 0.3) is 0 Å². The molecule has 0 bridgehead atoms. The van der Waals surface area contributed by atoms with E-state index in [1.165, 1.54) is 0 Å². The van der Waals surface area contributed by atoms with Gasteiger partial charge in [-0.25, -0.2) is 0 Å². The molecule has 0 aliphatic rings. The molecule has 1 radical (unpaired) electrons. The van der Waals surface area contributed by atoms with Crippen LogP contribution < -0.4 is 24.0 Å². The van der Waals surface area contributed by atoms with Crippen molar-refractivity contribution in [1.82, 2.24) is 0 Å². The molecule has 5 heavy (non-hydrogen) atoms. The molecule has 0 fully saturated rings. The Morgan fingerprint density at radius 2 is 1.20 bits per heavy atom. The molecule has 0 aliphatic carbocycles. The van der Waals surface area contributed by atoms with Crippen LogP contribution in [0.25, 0.3) is 0 Å². The van der Waals surface area contributed by atoms with Crippen molar-refractivity contribution >= 4 is 0 Å². The molecule has 0 amide bonds. The minimum atomic E-state index is 0. The molecule has 0 heterocycles. The first-order valence-electron chi connectivity index (χ1n) is 1.15. The van der Waals surface area contributed by atoms with Gasteiger partial charge in [-0.3, -0.25) is 0 Å². The predicted molar refractivity (Wildman–Crippen MR) is 15.6 cm³/mol. The summed E-state index contributed by atoms with van der Waals surface area (Å²) in [6.07, 6.45) is 2.00. The Kier molecular flexibility index (Phi) is 51.1. The van der Waals surface area contributed by atoms with Gasteiger partial charge in [0.2, 0.25) is 0 Å². The molecule has 0 saturated heterocycles. The molecule has 0 aromatic rings. The topological polar surface area (TPSA) is 0 Å². The molecule has 41 valence electrons. The smallest absolute Gasteiger partial charge is 0 e. The third-order valence-corrected chi connectivity index (χ3v) is 0. The quantitative estimate of drug-likeness (QED) is 0.457. The number of hydrogen-bond donors (Lipinski definition) is 0. The van der Waals surface area contributed by atoms with E-state index in [1.807, 2.05) is 20.3 Å². The standard InChI is InChI=1S/C3H7.HI.Yb/c1-3-2;;/h3H,1-2H3;1H;/p-1. The van der Waals surface area contributed by atoms with E-state index in [4.69, 9.17) is 0 Å². The second kappa shape index (κ2) is 16.3. The maximum Gasteiger partial charge on any atom is 0 e. The summed E-state index contributed by atoms with van der Waals surface area (Å²) in [5.41, 5.74) is 0. The molecule has 0 aromatic carbocycles. The van der Waals surface area contributed by atoms with E-state index in [-0.39, 0.29) is 70.9 Å². The Labute approximate surface area is 89.4 Å². The molecule has 0 aromatic heterocycles. The SMILES string of the molecule is C[CH]C.[I-].[Yb]. The van der Waals surface area contributed by atoms with Crippen LogP contribution in [0.1, 0.15) is 13.8 Å². The van der Waals surface area contributed by atoms with Gasteiger partial charge in [0.05, 0.1) is 0 Å². The summed E-state index contributed by atoms with van der Waals surface area (Å²) in [5.74, 6) is 0.